The first-order valence-electron chi connectivity index (χ1n) is 9.48. The molecule has 2 aliphatic rings. The number of likely N-dealkylation sites (tertiary alicyclic amines) is 1. The summed E-state index contributed by atoms with van der Waals surface area (Å²) in [7, 11) is 0. The zero-order valence-corrected chi connectivity index (χ0v) is 15.2. The predicted octanol–water partition coefficient (Wildman–Crippen LogP) is 3.67. The number of carboxylic acid groups (broad SMARTS) is 1. The predicted molar refractivity (Wildman–Crippen MR) is 96.6 cm³/mol. The van der Waals surface area contributed by atoms with Crippen molar-refractivity contribution in [1.29, 1.82) is 0 Å². The van der Waals surface area contributed by atoms with Crippen molar-refractivity contribution < 1.29 is 19.1 Å². The maximum atomic E-state index is 13.3. The second kappa shape index (κ2) is 8.06. The molecule has 0 unspecified atom stereocenters. The number of carbonyl (C=O) groups is 2. The third kappa shape index (κ3) is 4.34. The van der Waals surface area contributed by atoms with E-state index in [9.17, 15) is 14.0 Å². The Kier molecular flexibility index (Phi) is 5.79. The molecule has 142 valence electrons. The summed E-state index contributed by atoms with van der Waals surface area (Å²) in [6, 6.07) is 4.98. The van der Waals surface area contributed by atoms with Crippen LogP contribution in [0.15, 0.2) is 18.2 Å². The number of nitrogens with zero attached hydrogens (tertiary/aromatic N) is 1. The summed E-state index contributed by atoms with van der Waals surface area (Å²) in [5.41, 5.74) is 2.15. The Morgan fingerprint density at radius 2 is 1.77 bits per heavy atom. The standard InChI is InChI=1S/C20H27FN2O3/c1-13-12-16(21)4-7-18(13)14-8-10-23(11-9-14)20(26)22-17-5-2-15(3-6-17)19(24)25/h4,7,12,14-15,17H,2-3,5-6,8-11H2,1H3,(H,22,26)(H,24,25). The van der Waals surface area contributed by atoms with Gasteiger partial charge >= 0.3 is 12.0 Å². The number of aliphatic carboxylic acids is 1. The van der Waals surface area contributed by atoms with E-state index in [0.717, 1.165) is 31.2 Å². The molecule has 5 nitrogen and oxygen atoms in total. The van der Waals surface area contributed by atoms with Crippen LogP contribution in [-0.2, 0) is 4.79 Å². The van der Waals surface area contributed by atoms with Crippen molar-refractivity contribution in [3.63, 3.8) is 0 Å². The largest absolute Gasteiger partial charge is 0.481 e. The summed E-state index contributed by atoms with van der Waals surface area (Å²) in [6.45, 7) is 3.32. The van der Waals surface area contributed by atoms with E-state index in [4.69, 9.17) is 5.11 Å². The first-order valence-corrected chi connectivity index (χ1v) is 9.48. The Morgan fingerprint density at radius 1 is 1.12 bits per heavy atom. The molecule has 3 rings (SSSR count). The van der Waals surface area contributed by atoms with Crippen LogP contribution in [0.1, 0.15) is 55.6 Å². The lowest BCUT2D eigenvalue weighted by atomic mass is 9.86. The summed E-state index contributed by atoms with van der Waals surface area (Å²) >= 11 is 0. The zero-order valence-electron chi connectivity index (χ0n) is 15.2. The molecule has 1 aliphatic heterocycles. The highest BCUT2D eigenvalue weighted by Gasteiger charge is 2.29. The summed E-state index contributed by atoms with van der Waals surface area (Å²) in [6.07, 6.45) is 4.48. The van der Waals surface area contributed by atoms with Crippen LogP contribution >= 0.6 is 0 Å². The SMILES string of the molecule is Cc1cc(F)ccc1C1CCN(C(=O)NC2CCC(C(=O)O)CC2)CC1. The topological polar surface area (TPSA) is 69.6 Å². The normalized spacial score (nSPS) is 24.3. The maximum absolute atomic E-state index is 13.3. The van der Waals surface area contributed by atoms with Gasteiger partial charge in [0.1, 0.15) is 5.82 Å². The number of hydrogen-bond acceptors (Lipinski definition) is 2. The van der Waals surface area contributed by atoms with E-state index in [1.54, 1.807) is 6.07 Å². The van der Waals surface area contributed by atoms with E-state index < -0.39 is 5.97 Å². The van der Waals surface area contributed by atoms with Crippen molar-refractivity contribution in [1.82, 2.24) is 10.2 Å². The quantitative estimate of drug-likeness (QED) is 0.862. The van der Waals surface area contributed by atoms with Gasteiger partial charge in [0.15, 0.2) is 0 Å². The van der Waals surface area contributed by atoms with Gasteiger partial charge in [-0.3, -0.25) is 4.79 Å². The third-order valence-electron chi connectivity index (χ3n) is 5.86. The average Bonchev–Trinajstić information content (AvgIpc) is 2.62. The average molecular weight is 362 g/mol. The third-order valence-corrected chi connectivity index (χ3v) is 5.86. The van der Waals surface area contributed by atoms with Crippen LogP contribution < -0.4 is 5.32 Å². The van der Waals surface area contributed by atoms with Crippen LogP contribution in [0.2, 0.25) is 0 Å². The van der Waals surface area contributed by atoms with Gasteiger partial charge in [0, 0.05) is 19.1 Å². The van der Waals surface area contributed by atoms with Gasteiger partial charge in [-0.05, 0) is 74.6 Å². The van der Waals surface area contributed by atoms with Gasteiger partial charge in [-0.25, -0.2) is 9.18 Å². The number of amides is 2. The minimum absolute atomic E-state index is 0.0435. The summed E-state index contributed by atoms with van der Waals surface area (Å²) < 4.78 is 13.3. The molecule has 2 amide bonds. The second-order valence-electron chi connectivity index (χ2n) is 7.60. The summed E-state index contributed by atoms with van der Waals surface area (Å²) in [4.78, 5) is 25.3. The van der Waals surface area contributed by atoms with Crippen LogP contribution in [0, 0.1) is 18.7 Å². The van der Waals surface area contributed by atoms with Crippen molar-refractivity contribution in [2.24, 2.45) is 5.92 Å². The minimum Gasteiger partial charge on any atom is -0.481 e. The number of piperidine rings is 1. The Labute approximate surface area is 153 Å². The molecule has 1 saturated heterocycles. The fourth-order valence-electron chi connectivity index (χ4n) is 4.24. The Hall–Kier alpha value is -2.11. The molecule has 0 atom stereocenters. The van der Waals surface area contributed by atoms with Gasteiger partial charge in [-0.1, -0.05) is 6.07 Å². The lowest BCUT2D eigenvalue weighted by Gasteiger charge is -2.35. The molecule has 2 fully saturated rings. The number of rotatable bonds is 3. The van der Waals surface area contributed by atoms with Crippen LogP contribution in [0.4, 0.5) is 9.18 Å². The number of benzene rings is 1. The highest BCUT2D eigenvalue weighted by molar-refractivity contribution is 5.75. The number of carboxylic acids is 1. The van der Waals surface area contributed by atoms with Crippen molar-refractivity contribution >= 4 is 12.0 Å². The van der Waals surface area contributed by atoms with Crippen LogP contribution in [0.3, 0.4) is 0 Å². The number of urea groups is 1. The lowest BCUT2D eigenvalue weighted by Crippen LogP contribution is -2.48. The van der Waals surface area contributed by atoms with E-state index in [1.807, 2.05) is 17.9 Å². The van der Waals surface area contributed by atoms with Gasteiger partial charge in [-0.2, -0.15) is 0 Å². The molecule has 1 aromatic carbocycles. The van der Waals surface area contributed by atoms with Gasteiger partial charge in [0.25, 0.3) is 0 Å². The molecular formula is C20H27FN2O3. The maximum Gasteiger partial charge on any atom is 0.317 e. The molecule has 1 aromatic rings. The molecule has 1 saturated carbocycles. The van der Waals surface area contributed by atoms with Gasteiger partial charge in [-0.15, -0.1) is 0 Å². The molecule has 1 aliphatic carbocycles. The van der Waals surface area contributed by atoms with Crippen LogP contribution in [-0.4, -0.2) is 41.1 Å². The number of carbonyl (C=O) groups excluding carboxylic acids is 1. The molecule has 1 heterocycles. The Bertz CT molecular complexity index is 663. The van der Waals surface area contributed by atoms with Gasteiger partial charge in [0.2, 0.25) is 0 Å². The van der Waals surface area contributed by atoms with E-state index in [-0.39, 0.29) is 23.8 Å². The molecule has 0 aromatic heterocycles. The van der Waals surface area contributed by atoms with Gasteiger partial charge < -0.3 is 15.3 Å². The Morgan fingerprint density at radius 3 is 2.35 bits per heavy atom. The fourth-order valence-corrected chi connectivity index (χ4v) is 4.24. The monoisotopic (exact) mass is 362 g/mol. The number of aryl methyl sites for hydroxylation is 1. The number of halogens is 1. The van der Waals surface area contributed by atoms with Crippen molar-refractivity contribution in [2.75, 3.05) is 13.1 Å². The molecule has 0 spiro atoms. The van der Waals surface area contributed by atoms with Crippen molar-refractivity contribution in [2.45, 2.75) is 57.4 Å². The van der Waals surface area contributed by atoms with Crippen LogP contribution in [0.25, 0.3) is 0 Å². The van der Waals surface area contributed by atoms with E-state index in [1.165, 1.54) is 11.6 Å². The highest BCUT2D eigenvalue weighted by Crippen LogP contribution is 2.31. The molecule has 2 N–H and O–H groups in total. The first kappa shape index (κ1) is 18.7. The van der Waals surface area contributed by atoms with E-state index in [2.05, 4.69) is 5.32 Å². The molecule has 0 bridgehead atoms. The smallest absolute Gasteiger partial charge is 0.317 e. The molecule has 0 radical (unpaired) electrons. The number of nitrogens with one attached hydrogen (secondary N) is 1. The highest BCUT2D eigenvalue weighted by atomic mass is 19.1. The lowest BCUT2D eigenvalue weighted by molar-refractivity contribution is -0.142. The minimum atomic E-state index is -0.729. The molecular weight excluding hydrogens is 335 g/mol. The van der Waals surface area contributed by atoms with E-state index in [0.29, 0.717) is 31.8 Å². The molecule has 6 heteroatoms. The zero-order chi connectivity index (χ0) is 18.7. The van der Waals surface area contributed by atoms with Gasteiger partial charge in [0.05, 0.1) is 5.92 Å². The van der Waals surface area contributed by atoms with Crippen LogP contribution in [0.5, 0.6) is 0 Å². The summed E-state index contributed by atoms with van der Waals surface area (Å²) in [5, 5.41) is 12.1. The Balaban J connectivity index is 1.47. The molecule has 26 heavy (non-hydrogen) atoms. The first-order chi connectivity index (χ1) is 12.4. The van der Waals surface area contributed by atoms with Crippen molar-refractivity contribution in [3.05, 3.63) is 35.1 Å². The number of hydrogen-bond donors (Lipinski definition) is 2. The summed E-state index contributed by atoms with van der Waals surface area (Å²) in [5.74, 6) is -0.836. The van der Waals surface area contributed by atoms with E-state index >= 15 is 0 Å². The second-order valence-corrected chi connectivity index (χ2v) is 7.60. The van der Waals surface area contributed by atoms with Crippen molar-refractivity contribution in [3.8, 4) is 0 Å². The fraction of sp³-hybridized carbons (Fsp3) is 0.600.